The molecule has 2 aromatic carbocycles. The normalized spacial score (nSPS) is 11.4. The molecule has 7 heteroatoms. The summed E-state index contributed by atoms with van der Waals surface area (Å²) >= 11 is 1.56. The van der Waals surface area contributed by atoms with E-state index in [-0.39, 0.29) is 5.91 Å². The Kier molecular flexibility index (Phi) is 8.55. The molecule has 0 unspecified atom stereocenters. The lowest BCUT2D eigenvalue weighted by Gasteiger charge is -2.17. The fourth-order valence-electron chi connectivity index (χ4n) is 2.47. The maximum Gasteiger partial charge on any atom is 0.329 e. The van der Waals surface area contributed by atoms with Crippen molar-refractivity contribution in [1.82, 2.24) is 5.32 Å². The molecular weight excluding hydrogens is 376 g/mol. The highest BCUT2D eigenvalue weighted by molar-refractivity contribution is 7.98. The van der Waals surface area contributed by atoms with Crippen molar-refractivity contribution in [2.24, 2.45) is 0 Å². The summed E-state index contributed by atoms with van der Waals surface area (Å²) in [6, 6.07) is 15.2. The van der Waals surface area contributed by atoms with E-state index in [4.69, 9.17) is 4.74 Å². The lowest BCUT2D eigenvalue weighted by atomic mass is 10.1. The third-order valence-corrected chi connectivity index (χ3v) is 4.53. The molecule has 2 N–H and O–H groups in total. The van der Waals surface area contributed by atoms with Gasteiger partial charge >= 0.3 is 5.97 Å². The van der Waals surface area contributed by atoms with Crippen molar-refractivity contribution in [2.75, 3.05) is 23.9 Å². The van der Waals surface area contributed by atoms with Crippen LogP contribution in [-0.2, 0) is 14.3 Å². The minimum absolute atomic E-state index is 0.347. The summed E-state index contributed by atoms with van der Waals surface area (Å²) in [7, 11) is 0. The predicted octanol–water partition coefficient (Wildman–Crippen LogP) is 3.03. The van der Waals surface area contributed by atoms with Gasteiger partial charge in [0.25, 0.3) is 11.8 Å². The number of thioether (sulfide) groups is 1. The lowest BCUT2D eigenvalue weighted by molar-refractivity contribution is -0.149. The van der Waals surface area contributed by atoms with Gasteiger partial charge < -0.3 is 15.4 Å². The first-order valence-electron chi connectivity index (χ1n) is 8.87. The second-order valence-electron chi connectivity index (χ2n) is 6.20. The highest BCUT2D eigenvalue weighted by atomic mass is 32.2. The van der Waals surface area contributed by atoms with Gasteiger partial charge in [0.15, 0.2) is 6.61 Å². The minimum Gasteiger partial charge on any atom is -0.454 e. The Labute approximate surface area is 169 Å². The van der Waals surface area contributed by atoms with Crippen LogP contribution in [-0.4, -0.2) is 42.4 Å². The van der Waals surface area contributed by atoms with Crippen LogP contribution in [0.3, 0.4) is 0 Å². The summed E-state index contributed by atoms with van der Waals surface area (Å²) in [5, 5.41) is 5.35. The Morgan fingerprint density at radius 2 is 1.82 bits per heavy atom. The van der Waals surface area contributed by atoms with Crippen LogP contribution in [0.25, 0.3) is 0 Å². The van der Waals surface area contributed by atoms with E-state index < -0.39 is 24.5 Å². The van der Waals surface area contributed by atoms with E-state index in [0.29, 0.717) is 23.4 Å². The Balaban J connectivity index is 1.92. The van der Waals surface area contributed by atoms with Crippen molar-refractivity contribution in [3.05, 3.63) is 65.7 Å². The molecule has 2 rings (SSSR count). The number of hydrogen-bond donors (Lipinski definition) is 2. The zero-order valence-corrected chi connectivity index (χ0v) is 16.8. The molecular formula is C21H24N2O4S. The third kappa shape index (κ3) is 7.08. The average molecular weight is 401 g/mol. The van der Waals surface area contributed by atoms with Gasteiger partial charge in [-0.1, -0.05) is 35.9 Å². The van der Waals surface area contributed by atoms with E-state index in [2.05, 4.69) is 10.6 Å². The number of para-hydroxylation sites is 1. The topological polar surface area (TPSA) is 84.5 Å². The van der Waals surface area contributed by atoms with Crippen LogP contribution < -0.4 is 10.6 Å². The van der Waals surface area contributed by atoms with Crippen LogP contribution in [0.15, 0.2) is 54.6 Å². The highest BCUT2D eigenvalue weighted by Gasteiger charge is 2.23. The minimum atomic E-state index is -0.815. The highest BCUT2D eigenvalue weighted by Crippen LogP contribution is 2.08. The number of nitrogens with one attached hydrogen (secondary N) is 2. The molecule has 0 fully saturated rings. The zero-order valence-electron chi connectivity index (χ0n) is 15.9. The Bertz CT molecular complexity index is 811. The number of amides is 2. The van der Waals surface area contributed by atoms with Gasteiger partial charge in [-0.15, -0.1) is 0 Å². The molecule has 0 heterocycles. The number of ether oxygens (including phenoxy) is 1. The fraction of sp³-hybridized carbons (Fsp3) is 0.286. The number of aryl methyl sites for hydroxylation is 1. The van der Waals surface area contributed by atoms with Crippen LogP contribution >= 0.6 is 11.8 Å². The van der Waals surface area contributed by atoms with Crippen molar-refractivity contribution in [3.8, 4) is 0 Å². The standard InChI is InChI=1S/C21H24N2O4S/c1-15-7-6-8-16(13-15)20(25)23-18(11-12-28-2)21(26)27-14-19(24)22-17-9-4-3-5-10-17/h3-10,13,18H,11-12,14H2,1-2H3,(H,22,24)(H,23,25)/t18-/m0/s1. The molecule has 0 aliphatic carbocycles. The molecule has 0 aromatic heterocycles. The van der Waals surface area contributed by atoms with Gasteiger partial charge in [-0.3, -0.25) is 9.59 Å². The average Bonchev–Trinajstić information content (AvgIpc) is 2.70. The van der Waals surface area contributed by atoms with Crippen molar-refractivity contribution in [3.63, 3.8) is 0 Å². The van der Waals surface area contributed by atoms with Gasteiger partial charge in [0.05, 0.1) is 0 Å². The summed E-state index contributed by atoms with van der Waals surface area (Å²) in [5.41, 5.74) is 2.05. The molecule has 148 valence electrons. The van der Waals surface area contributed by atoms with Crippen LogP contribution in [0.2, 0.25) is 0 Å². The summed E-state index contributed by atoms with van der Waals surface area (Å²) in [6.07, 6.45) is 2.33. The quantitative estimate of drug-likeness (QED) is 0.632. The number of esters is 1. The maximum absolute atomic E-state index is 12.4. The number of carbonyl (C=O) groups excluding carboxylic acids is 3. The largest absolute Gasteiger partial charge is 0.454 e. The molecule has 0 radical (unpaired) electrons. The van der Waals surface area contributed by atoms with Crippen LogP contribution in [0.5, 0.6) is 0 Å². The van der Waals surface area contributed by atoms with Gasteiger partial charge in [-0.25, -0.2) is 4.79 Å². The van der Waals surface area contributed by atoms with E-state index in [1.807, 2.05) is 25.3 Å². The van der Waals surface area contributed by atoms with Crippen molar-refractivity contribution in [1.29, 1.82) is 0 Å². The Morgan fingerprint density at radius 3 is 2.50 bits per heavy atom. The zero-order chi connectivity index (χ0) is 20.4. The molecule has 1 atom stereocenters. The van der Waals surface area contributed by atoms with E-state index in [9.17, 15) is 14.4 Å². The number of anilines is 1. The Hall–Kier alpha value is -2.80. The molecule has 6 nitrogen and oxygen atoms in total. The van der Waals surface area contributed by atoms with E-state index in [1.165, 1.54) is 0 Å². The second kappa shape index (κ2) is 11.1. The molecule has 28 heavy (non-hydrogen) atoms. The van der Waals surface area contributed by atoms with E-state index in [0.717, 1.165) is 5.56 Å². The van der Waals surface area contributed by atoms with Crippen molar-refractivity contribution >= 4 is 35.2 Å². The summed E-state index contributed by atoms with van der Waals surface area (Å²) in [4.78, 5) is 36.8. The van der Waals surface area contributed by atoms with Crippen molar-refractivity contribution < 1.29 is 19.1 Å². The van der Waals surface area contributed by atoms with Crippen LogP contribution in [0.1, 0.15) is 22.3 Å². The number of hydrogen-bond acceptors (Lipinski definition) is 5. The van der Waals surface area contributed by atoms with E-state index in [1.54, 1.807) is 54.2 Å². The second-order valence-corrected chi connectivity index (χ2v) is 7.18. The van der Waals surface area contributed by atoms with Gasteiger partial charge in [0.2, 0.25) is 0 Å². The molecule has 0 saturated heterocycles. The van der Waals surface area contributed by atoms with Gasteiger partial charge in [-0.05, 0) is 49.6 Å². The molecule has 0 saturated carbocycles. The summed E-state index contributed by atoms with van der Waals surface area (Å²) in [5.74, 6) is -0.740. The van der Waals surface area contributed by atoms with Gasteiger partial charge in [-0.2, -0.15) is 11.8 Å². The summed E-state index contributed by atoms with van der Waals surface area (Å²) in [6.45, 7) is 1.48. The number of carbonyl (C=O) groups is 3. The van der Waals surface area contributed by atoms with Crippen LogP contribution in [0, 0.1) is 6.92 Å². The molecule has 0 aliphatic heterocycles. The van der Waals surface area contributed by atoms with Crippen molar-refractivity contribution in [2.45, 2.75) is 19.4 Å². The first kappa shape index (κ1) is 21.5. The number of rotatable bonds is 9. The predicted molar refractivity (Wildman–Crippen MR) is 111 cm³/mol. The van der Waals surface area contributed by atoms with E-state index >= 15 is 0 Å². The van der Waals surface area contributed by atoms with Gasteiger partial charge in [0.1, 0.15) is 6.04 Å². The molecule has 0 aliphatic rings. The SMILES string of the molecule is CSCC[C@H](NC(=O)c1cccc(C)c1)C(=O)OCC(=O)Nc1ccccc1. The number of benzene rings is 2. The maximum atomic E-state index is 12.4. The monoisotopic (exact) mass is 400 g/mol. The third-order valence-electron chi connectivity index (χ3n) is 3.88. The smallest absolute Gasteiger partial charge is 0.329 e. The molecule has 0 spiro atoms. The lowest BCUT2D eigenvalue weighted by Crippen LogP contribution is -2.43. The Morgan fingerprint density at radius 1 is 1.07 bits per heavy atom. The van der Waals surface area contributed by atoms with Gasteiger partial charge in [0, 0.05) is 11.3 Å². The molecule has 2 aromatic rings. The molecule has 0 bridgehead atoms. The summed E-state index contributed by atoms with van der Waals surface area (Å²) < 4.78 is 5.12. The first-order valence-corrected chi connectivity index (χ1v) is 10.3. The first-order chi connectivity index (χ1) is 13.5. The molecule has 2 amide bonds. The van der Waals surface area contributed by atoms with Crippen LogP contribution in [0.4, 0.5) is 5.69 Å². The fourth-order valence-corrected chi connectivity index (χ4v) is 2.94.